The van der Waals surface area contributed by atoms with Crippen LogP contribution in [-0.4, -0.2) is 28.3 Å². The van der Waals surface area contributed by atoms with E-state index in [1.165, 1.54) is 10.5 Å². The Balaban J connectivity index is 1.65. The molecule has 1 heterocycles. The second-order valence-corrected chi connectivity index (χ2v) is 7.55. The van der Waals surface area contributed by atoms with Gasteiger partial charge in [-0.15, -0.1) is 11.8 Å². The number of methoxy groups -OCH3 is 1. The van der Waals surface area contributed by atoms with Crippen LogP contribution in [-0.2, 0) is 17.8 Å². The van der Waals surface area contributed by atoms with E-state index in [0.717, 1.165) is 30.8 Å². The standard InChI is InChI=1S/C21H23N3O2S/c1-26-19-7-2-17(3-8-19)4-9-21(14-24-13-12-22-15-24)27-20-10-5-18(6-11-20)23-16-25/h2-3,5-8,10-13,15-16,21H,4,9,14H2,1H3,(H,23,25). The Morgan fingerprint density at radius 1 is 1.19 bits per heavy atom. The van der Waals surface area contributed by atoms with Gasteiger partial charge in [0.15, 0.2) is 0 Å². The fraction of sp³-hybridized carbons (Fsp3) is 0.238. The molecule has 1 atom stereocenters. The number of ether oxygens (including phenoxy) is 1. The van der Waals surface area contributed by atoms with E-state index >= 15 is 0 Å². The molecular formula is C21H23N3O2S. The minimum atomic E-state index is 0.409. The summed E-state index contributed by atoms with van der Waals surface area (Å²) in [5.41, 5.74) is 2.11. The molecule has 27 heavy (non-hydrogen) atoms. The van der Waals surface area contributed by atoms with Crippen molar-refractivity contribution in [3.8, 4) is 5.75 Å². The zero-order valence-electron chi connectivity index (χ0n) is 15.2. The van der Waals surface area contributed by atoms with E-state index in [2.05, 4.69) is 27.0 Å². The molecule has 6 heteroatoms. The van der Waals surface area contributed by atoms with Gasteiger partial charge in [-0.2, -0.15) is 0 Å². The predicted octanol–water partition coefficient (Wildman–Crippen LogP) is 4.25. The number of aromatic nitrogens is 2. The normalized spacial score (nSPS) is 11.7. The van der Waals surface area contributed by atoms with Gasteiger partial charge in [0.2, 0.25) is 6.41 Å². The van der Waals surface area contributed by atoms with Crippen molar-refractivity contribution in [2.75, 3.05) is 12.4 Å². The summed E-state index contributed by atoms with van der Waals surface area (Å²) in [4.78, 5) is 15.9. The fourth-order valence-electron chi connectivity index (χ4n) is 2.83. The van der Waals surface area contributed by atoms with Gasteiger partial charge in [-0.1, -0.05) is 12.1 Å². The molecule has 3 aromatic rings. The maximum absolute atomic E-state index is 10.5. The van der Waals surface area contributed by atoms with E-state index in [9.17, 15) is 4.79 Å². The van der Waals surface area contributed by atoms with Gasteiger partial charge in [-0.25, -0.2) is 4.98 Å². The number of imidazole rings is 1. The molecule has 0 spiro atoms. The van der Waals surface area contributed by atoms with Crippen molar-refractivity contribution in [1.82, 2.24) is 9.55 Å². The first kappa shape index (κ1) is 19.0. The number of amides is 1. The zero-order valence-corrected chi connectivity index (χ0v) is 16.1. The largest absolute Gasteiger partial charge is 0.497 e. The quantitative estimate of drug-likeness (QED) is 0.421. The van der Waals surface area contributed by atoms with Crippen LogP contribution in [0.15, 0.2) is 72.1 Å². The van der Waals surface area contributed by atoms with E-state index in [4.69, 9.17) is 4.74 Å². The van der Waals surface area contributed by atoms with Gasteiger partial charge < -0.3 is 14.6 Å². The Morgan fingerprint density at radius 2 is 1.96 bits per heavy atom. The van der Waals surface area contributed by atoms with Gasteiger partial charge in [0.1, 0.15) is 5.75 Å². The van der Waals surface area contributed by atoms with Gasteiger partial charge >= 0.3 is 0 Å². The Morgan fingerprint density at radius 3 is 2.59 bits per heavy atom. The molecule has 3 rings (SSSR count). The number of hydrogen-bond donors (Lipinski definition) is 1. The van der Waals surface area contributed by atoms with Crippen molar-refractivity contribution in [2.24, 2.45) is 0 Å². The average molecular weight is 382 g/mol. The van der Waals surface area contributed by atoms with Crippen molar-refractivity contribution in [3.63, 3.8) is 0 Å². The first-order valence-corrected chi connectivity index (χ1v) is 9.70. The molecule has 2 aromatic carbocycles. The monoisotopic (exact) mass is 381 g/mol. The summed E-state index contributed by atoms with van der Waals surface area (Å²) in [5, 5.41) is 3.08. The van der Waals surface area contributed by atoms with Crippen molar-refractivity contribution < 1.29 is 9.53 Å². The fourth-order valence-corrected chi connectivity index (χ4v) is 3.99. The van der Waals surface area contributed by atoms with Gasteiger partial charge in [0.05, 0.1) is 13.4 Å². The predicted molar refractivity (Wildman–Crippen MR) is 109 cm³/mol. The first-order valence-electron chi connectivity index (χ1n) is 8.82. The molecule has 0 saturated heterocycles. The number of nitrogens with one attached hydrogen (secondary N) is 1. The number of aryl methyl sites for hydroxylation is 1. The third-order valence-corrected chi connectivity index (χ3v) is 5.53. The molecule has 0 radical (unpaired) electrons. The van der Waals surface area contributed by atoms with E-state index in [1.807, 2.05) is 66.9 Å². The van der Waals surface area contributed by atoms with Crippen molar-refractivity contribution in [1.29, 1.82) is 0 Å². The minimum Gasteiger partial charge on any atom is -0.497 e. The first-order chi connectivity index (χ1) is 13.3. The molecule has 1 amide bonds. The lowest BCUT2D eigenvalue weighted by atomic mass is 10.1. The Bertz CT molecular complexity index is 818. The molecule has 0 fully saturated rings. The number of nitrogens with zero attached hydrogens (tertiary/aromatic N) is 2. The van der Waals surface area contributed by atoms with Crippen molar-refractivity contribution in [2.45, 2.75) is 29.5 Å². The number of anilines is 1. The lowest BCUT2D eigenvalue weighted by Crippen LogP contribution is -2.13. The van der Waals surface area contributed by atoms with Crippen LogP contribution in [0.3, 0.4) is 0 Å². The van der Waals surface area contributed by atoms with Crippen LogP contribution in [0, 0.1) is 0 Å². The summed E-state index contributed by atoms with van der Waals surface area (Å²) in [5.74, 6) is 0.882. The molecule has 0 aliphatic rings. The topological polar surface area (TPSA) is 56.1 Å². The summed E-state index contributed by atoms with van der Waals surface area (Å²) in [6.07, 6.45) is 8.41. The van der Waals surface area contributed by atoms with E-state index in [-0.39, 0.29) is 0 Å². The molecule has 0 saturated carbocycles. The van der Waals surface area contributed by atoms with Crippen LogP contribution >= 0.6 is 11.8 Å². The average Bonchev–Trinajstić information content (AvgIpc) is 3.21. The summed E-state index contributed by atoms with van der Waals surface area (Å²) >= 11 is 1.85. The smallest absolute Gasteiger partial charge is 0.211 e. The maximum Gasteiger partial charge on any atom is 0.211 e. The summed E-state index contributed by atoms with van der Waals surface area (Å²) in [6.45, 7) is 0.898. The van der Waals surface area contributed by atoms with Gasteiger partial charge in [-0.3, -0.25) is 4.79 Å². The van der Waals surface area contributed by atoms with Gasteiger partial charge in [0, 0.05) is 34.8 Å². The third kappa shape index (κ3) is 5.89. The summed E-state index contributed by atoms with van der Waals surface area (Å²) in [7, 11) is 1.68. The van der Waals surface area contributed by atoms with Crippen LogP contribution < -0.4 is 10.1 Å². The van der Waals surface area contributed by atoms with Crippen LogP contribution in [0.5, 0.6) is 5.75 Å². The number of rotatable bonds is 10. The van der Waals surface area contributed by atoms with Gasteiger partial charge in [0.25, 0.3) is 0 Å². The summed E-state index contributed by atoms with van der Waals surface area (Å²) in [6, 6.07) is 16.2. The number of benzene rings is 2. The molecule has 5 nitrogen and oxygen atoms in total. The van der Waals surface area contributed by atoms with Crippen LogP contribution in [0.4, 0.5) is 5.69 Å². The molecule has 0 aliphatic heterocycles. The Labute approximate surface area is 163 Å². The molecule has 140 valence electrons. The lowest BCUT2D eigenvalue weighted by molar-refractivity contribution is -0.105. The van der Waals surface area contributed by atoms with Crippen molar-refractivity contribution >= 4 is 23.9 Å². The summed E-state index contributed by atoms with van der Waals surface area (Å²) < 4.78 is 7.35. The van der Waals surface area contributed by atoms with E-state index < -0.39 is 0 Å². The second-order valence-electron chi connectivity index (χ2n) is 6.17. The van der Waals surface area contributed by atoms with Gasteiger partial charge in [-0.05, 0) is 54.8 Å². The second kappa shape index (κ2) is 9.83. The number of hydrogen-bond acceptors (Lipinski definition) is 4. The van der Waals surface area contributed by atoms with Crippen molar-refractivity contribution in [3.05, 3.63) is 72.8 Å². The minimum absolute atomic E-state index is 0.409. The molecule has 1 aromatic heterocycles. The molecule has 1 unspecified atom stereocenters. The highest BCUT2D eigenvalue weighted by atomic mass is 32.2. The van der Waals surface area contributed by atoms with E-state index in [1.54, 1.807) is 7.11 Å². The molecule has 1 N–H and O–H groups in total. The Hall–Kier alpha value is -2.73. The SMILES string of the molecule is COc1ccc(CCC(Cn2ccnc2)Sc2ccc(NC=O)cc2)cc1. The molecule has 0 aliphatic carbocycles. The van der Waals surface area contributed by atoms with E-state index in [0.29, 0.717) is 11.7 Å². The van der Waals surface area contributed by atoms with Crippen LogP contribution in [0.25, 0.3) is 0 Å². The molecular weight excluding hydrogens is 358 g/mol. The third-order valence-electron chi connectivity index (χ3n) is 4.27. The highest BCUT2D eigenvalue weighted by Crippen LogP contribution is 2.29. The number of carbonyl (C=O) groups excluding carboxylic acids is 1. The Kier molecular flexibility index (Phi) is 6.93. The number of thioether (sulfide) groups is 1. The highest BCUT2D eigenvalue weighted by molar-refractivity contribution is 8.00. The lowest BCUT2D eigenvalue weighted by Gasteiger charge is -2.17. The molecule has 0 bridgehead atoms. The zero-order chi connectivity index (χ0) is 18.9. The highest BCUT2D eigenvalue weighted by Gasteiger charge is 2.12. The van der Waals surface area contributed by atoms with Crippen LogP contribution in [0.1, 0.15) is 12.0 Å². The maximum atomic E-state index is 10.5. The number of carbonyl (C=O) groups is 1. The van der Waals surface area contributed by atoms with Crippen LogP contribution in [0.2, 0.25) is 0 Å².